The van der Waals surface area contributed by atoms with Crippen LogP contribution in [0.1, 0.15) is 58.4 Å². The molecule has 0 saturated carbocycles. The number of carbonyl (C=O) groups excluding carboxylic acids is 1. The lowest BCUT2D eigenvalue weighted by Crippen LogP contribution is -2.38. The fourth-order valence-corrected chi connectivity index (χ4v) is 5.59. The zero-order chi connectivity index (χ0) is 25.4. The first-order valence-electron chi connectivity index (χ1n) is 12.7. The van der Waals surface area contributed by atoms with Gasteiger partial charge in [0.25, 0.3) is 5.91 Å². The molecular formula is C30H27F2N3O2. The molecule has 0 aliphatic carbocycles. The number of nitrogens with zero attached hydrogens (tertiary/aromatic N) is 3. The van der Waals surface area contributed by atoms with Crippen LogP contribution in [-0.2, 0) is 0 Å². The summed E-state index contributed by atoms with van der Waals surface area (Å²) in [6.45, 7) is 2.67. The smallest absolute Gasteiger partial charge is 0.258 e. The predicted molar refractivity (Wildman–Crippen MR) is 138 cm³/mol. The van der Waals surface area contributed by atoms with Crippen molar-refractivity contribution in [1.82, 2.24) is 15.0 Å². The summed E-state index contributed by atoms with van der Waals surface area (Å²) < 4.78 is 32.3. The molecule has 0 radical (unpaired) electrons. The van der Waals surface area contributed by atoms with E-state index in [4.69, 9.17) is 4.52 Å². The maximum absolute atomic E-state index is 13.5. The maximum Gasteiger partial charge on any atom is 0.258 e. The van der Waals surface area contributed by atoms with Gasteiger partial charge in [-0.05, 0) is 86.0 Å². The van der Waals surface area contributed by atoms with Gasteiger partial charge in [0.2, 0.25) is 0 Å². The van der Waals surface area contributed by atoms with Crippen molar-refractivity contribution in [2.45, 2.75) is 31.2 Å². The van der Waals surface area contributed by atoms with E-state index in [0.717, 1.165) is 61.1 Å². The van der Waals surface area contributed by atoms with E-state index in [9.17, 15) is 13.6 Å². The van der Waals surface area contributed by atoms with Gasteiger partial charge in [0.15, 0.2) is 5.58 Å². The second kappa shape index (κ2) is 9.90. The lowest BCUT2D eigenvalue weighted by atomic mass is 9.90. The van der Waals surface area contributed by atoms with E-state index < -0.39 is 0 Å². The number of hydrogen-bond donors (Lipinski definition) is 0. The maximum atomic E-state index is 13.5. The minimum Gasteiger partial charge on any atom is -0.356 e. The zero-order valence-corrected chi connectivity index (χ0v) is 20.3. The predicted octanol–water partition coefficient (Wildman–Crippen LogP) is 6.54. The fraction of sp³-hybridized carbons (Fsp3) is 0.267. The summed E-state index contributed by atoms with van der Waals surface area (Å²) in [7, 11) is 0. The topological polar surface area (TPSA) is 49.6 Å². The van der Waals surface area contributed by atoms with E-state index >= 15 is 0 Å². The average molecular weight is 500 g/mol. The Morgan fingerprint density at radius 1 is 0.973 bits per heavy atom. The Morgan fingerprint density at radius 2 is 1.73 bits per heavy atom. The van der Waals surface area contributed by atoms with Gasteiger partial charge < -0.3 is 14.3 Å². The lowest BCUT2D eigenvalue weighted by molar-refractivity contribution is 0.0744. The summed E-state index contributed by atoms with van der Waals surface area (Å²) in [6, 6.07) is 18.4. The number of aromatic nitrogens is 1. The molecule has 0 N–H and O–H groups in total. The molecule has 1 unspecified atom stereocenters. The van der Waals surface area contributed by atoms with Gasteiger partial charge >= 0.3 is 0 Å². The molecule has 0 spiro atoms. The van der Waals surface area contributed by atoms with Crippen LogP contribution in [0, 0.1) is 11.6 Å². The number of amides is 1. The lowest BCUT2D eigenvalue weighted by Gasteiger charge is -2.36. The second-order valence-electron chi connectivity index (χ2n) is 9.79. The van der Waals surface area contributed by atoms with Gasteiger partial charge in [0, 0.05) is 35.7 Å². The van der Waals surface area contributed by atoms with E-state index in [0.29, 0.717) is 11.1 Å². The Labute approximate surface area is 214 Å². The normalized spacial score (nSPS) is 18.3. The number of piperidine rings is 1. The second-order valence-corrected chi connectivity index (χ2v) is 9.79. The molecule has 1 aromatic heterocycles. The molecule has 2 aliphatic heterocycles. The van der Waals surface area contributed by atoms with Gasteiger partial charge in [-0.3, -0.25) is 4.79 Å². The Balaban J connectivity index is 1.15. The Kier molecular flexibility index (Phi) is 6.30. The van der Waals surface area contributed by atoms with Gasteiger partial charge in [0.05, 0.1) is 11.7 Å². The number of carbonyl (C=O) groups is 1. The molecule has 1 fully saturated rings. The van der Waals surface area contributed by atoms with E-state index in [1.165, 1.54) is 36.4 Å². The summed E-state index contributed by atoms with van der Waals surface area (Å²) >= 11 is 0. The van der Waals surface area contributed by atoms with E-state index in [1.807, 2.05) is 24.4 Å². The van der Waals surface area contributed by atoms with E-state index in [1.54, 1.807) is 11.0 Å². The fourth-order valence-electron chi connectivity index (χ4n) is 5.59. The van der Waals surface area contributed by atoms with Crippen molar-refractivity contribution in [3.63, 3.8) is 0 Å². The highest BCUT2D eigenvalue weighted by Crippen LogP contribution is 2.36. The molecule has 7 heteroatoms. The van der Waals surface area contributed by atoms with Crippen molar-refractivity contribution < 1.29 is 18.1 Å². The molecule has 2 aliphatic rings. The van der Waals surface area contributed by atoms with Crippen LogP contribution < -0.4 is 0 Å². The van der Waals surface area contributed by atoms with Crippen molar-refractivity contribution >= 4 is 23.0 Å². The SMILES string of the molecule is O=C(c1ccc(F)cc1)N1C=Cc2ccccc2C1CCN1CCC(c2noc3cc(F)ccc23)CC1. The standard InChI is InChI=1S/C30H27F2N3O2/c31-23-7-5-22(6-8-23)30(36)35-18-13-20-3-1-2-4-25(20)27(35)14-17-34-15-11-21(12-16-34)29-26-10-9-24(32)19-28(26)37-33-29/h1-10,13,18-19,21,27H,11-12,14-17H2. The molecule has 1 saturated heterocycles. The molecule has 6 rings (SSSR count). The first-order chi connectivity index (χ1) is 18.1. The van der Waals surface area contributed by atoms with Crippen LogP contribution in [0.2, 0.25) is 0 Å². The molecule has 5 nitrogen and oxygen atoms in total. The first-order valence-corrected chi connectivity index (χ1v) is 12.7. The third kappa shape index (κ3) is 4.67. The van der Waals surface area contributed by atoms with Crippen molar-refractivity contribution in [3.8, 4) is 0 Å². The first kappa shape index (κ1) is 23.6. The highest BCUT2D eigenvalue weighted by Gasteiger charge is 2.30. The van der Waals surface area contributed by atoms with Crippen molar-refractivity contribution in [2.24, 2.45) is 0 Å². The van der Waals surface area contributed by atoms with Gasteiger partial charge in [-0.2, -0.15) is 0 Å². The largest absolute Gasteiger partial charge is 0.356 e. The van der Waals surface area contributed by atoms with Gasteiger partial charge in [-0.15, -0.1) is 0 Å². The summed E-state index contributed by atoms with van der Waals surface area (Å²) in [5.41, 5.74) is 4.11. The Bertz CT molecular complexity index is 1460. The van der Waals surface area contributed by atoms with E-state index in [2.05, 4.69) is 22.2 Å². The Morgan fingerprint density at radius 3 is 2.54 bits per heavy atom. The molecule has 3 heterocycles. The van der Waals surface area contributed by atoms with E-state index in [-0.39, 0.29) is 29.5 Å². The van der Waals surface area contributed by atoms with Crippen molar-refractivity contribution in [2.75, 3.05) is 19.6 Å². The third-order valence-electron chi connectivity index (χ3n) is 7.59. The highest BCUT2D eigenvalue weighted by atomic mass is 19.1. The molecule has 4 aromatic rings. The monoisotopic (exact) mass is 499 g/mol. The molecule has 1 amide bonds. The summed E-state index contributed by atoms with van der Waals surface area (Å²) in [6.07, 6.45) is 6.48. The number of rotatable bonds is 5. The van der Waals surface area contributed by atoms with Crippen LogP contribution in [0.3, 0.4) is 0 Å². The van der Waals surface area contributed by atoms with Crippen LogP contribution in [0.15, 0.2) is 77.5 Å². The number of likely N-dealkylation sites (tertiary alicyclic amines) is 1. The number of hydrogen-bond acceptors (Lipinski definition) is 4. The number of fused-ring (bicyclic) bond motifs is 2. The summed E-state index contributed by atoms with van der Waals surface area (Å²) in [4.78, 5) is 17.6. The summed E-state index contributed by atoms with van der Waals surface area (Å²) in [5.74, 6) is -0.542. The van der Waals surface area contributed by atoms with Crippen LogP contribution in [0.4, 0.5) is 8.78 Å². The van der Waals surface area contributed by atoms with Crippen LogP contribution in [0.25, 0.3) is 17.0 Å². The minimum absolute atomic E-state index is 0.106. The van der Waals surface area contributed by atoms with Crippen molar-refractivity contribution in [3.05, 3.63) is 107 Å². The van der Waals surface area contributed by atoms with Crippen molar-refractivity contribution in [1.29, 1.82) is 0 Å². The summed E-state index contributed by atoms with van der Waals surface area (Å²) in [5, 5.41) is 5.15. The minimum atomic E-state index is -0.359. The molecule has 3 aromatic carbocycles. The third-order valence-corrected chi connectivity index (χ3v) is 7.59. The van der Waals surface area contributed by atoms with Crippen LogP contribution in [0.5, 0.6) is 0 Å². The molecule has 0 bridgehead atoms. The molecule has 37 heavy (non-hydrogen) atoms. The van der Waals surface area contributed by atoms with Gasteiger partial charge in [-0.1, -0.05) is 29.4 Å². The highest BCUT2D eigenvalue weighted by molar-refractivity contribution is 5.96. The Hall–Kier alpha value is -3.84. The van der Waals surface area contributed by atoms with Crippen LogP contribution in [-0.4, -0.2) is 40.5 Å². The molecular weight excluding hydrogens is 472 g/mol. The van der Waals surface area contributed by atoms with Gasteiger partial charge in [-0.25, -0.2) is 8.78 Å². The number of halogens is 2. The zero-order valence-electron chi connectivity index (χ0n) is 20.3. The number of benzene rings is 3. The quantitative estimate of drug-likeness (QED) is 0.313. The average Bonchev–Trinajstić information content (AvgIpc) is 3.35. The molecule has 1 atom stereocenters. The van der Waals surface area contributed by atoms with Crippen LogP contribution >= 0.6 is 0 Å². The molecule has 188 valence electrons. The van der Waals surface area contributed by atoms with Gasteiger partial charge in [0.1, 0.15) is 11.6 Å².